The van der Waals surface area contributed by atoms with E-state index in [1.54, 1.807) is 22.9 Å². The summed E-state index contributed by atoms with van der Waals surface area (Å²) in [6.07, 6.45) is 4.14. The van der Waals surface area contributed by atoms with Gasteiger partial charge in [-0.1, -0.05) is 39.0 Å². The minimum atomic E-state index is -0.466. The van der Waals surface area contributed by atoms with Crippen molar-refractivity contribution < 1.29 is 9.53 Å². The number of hydrogen-bond acceptors (Lipinski definition) is 7. The first-order valence-electron chi connectivity index (χ1n) is 11.5. The molecule has 0 spiro atoms. The van der Waals surface area contributed by atoms with Gasteiger partial charge < -0.3 is 9.72 Å². The lowest BCUT2D eigenvalue weighted by Gasteiger charge is -2.14. The van der Waals surface area contributed by atoms with E-state index in [9.17, 15) is 9.59 Å². The highest BCUT2D eigenvalue weighted by Gasteiger charge is 2.21. The van der Waals surface area contributed by atoms with Crippen LogP contribution in [0, 0.1) is 0 Å². The van der Waals surface area contributed by atoms with E-state index in [-0.39, 0.29) is 11.0 Å². The predicted octanol–water partition coefficient (Wildman–Crippen LogP) is 4.63. The molecular formula is C26H24N8O3. The van der Waals surface area contributed by atoms with E-state index < -0.39 is 6.03 Å². The van der Waals surface area contributed by atoms with E-state index in [4.69, 9.17) is 9.84 Å². The molecule has 0 aliphatic rings. The molecule has 4 aromatic heterocycles. The molecule has 2 amide bonds. The van der Waals surface area contributed by atoms with Crippen molar-refractivity contribution in [2.24, 2.45) is 0 Å². The molecule has 0 bridgehead atoms. The first kappa shape index (κ1) is 23.7. The molecule has 0 saturated heterocycles. The molecule has 0 aliphatic heterocycles. The topological polar surface area (TPSA) is 140 Å². The average Bonchev–Trinajstić information content (AvgIpc) is 3.30. The number of urea groups is 1. The highest BCUT2D eigenvalue weighted by atomic mass is 16.5. The number of aromatic nitrogens is 6. The monoisotopic (exact) mass is 496 g/mol. The summed E-state index contributed by atoms with van der Waals surface area (Å²) in [4.78, 5) is 39.3. The number of benzene rings is 1. The first-order valence-corrected chi connectivity index (χ1v) is 11.5. The zero-order valence-corrected chi connectivity index (χ0v) is 20.4. The Morgan fingerprint density at radius 1 is 0.973 bits per heavy atom. The molecule has 3 N–H and O–H groups in total. The van der Waals surface area contributed by atoms with E-state index in [2.05, 4.69) is 51.3 Å². The second-order valence-corrected chi connectivity index (χ2v) is 9.23. The van der Waals surface area contributed by atoms with Gasteiger partial charge in [0.05, 0.1) is 23.8 Å². The summed E-state index contributed by atoms with van der Waals surface area (Å²) >= 11 is 0. The number of fused-ring (bicyclic) bond motifs is 1. The molecule has 4 heterocycles. The van der Waals surface area contributed by atoms with Crippen LogP contribution < -0.4 is 20.9 Å². The second kappa shape index (κ2) is 9.53. The summed E-state index contributed by atoms with van der Waals surface area (Å²) in [5.74, 6) is 1.69. The maximum Gasteiger partial charge on any atom is 0.326 e. The van der Waals surface area contributed by atoms with Crippen molar-refractivity contribution >= 4 is 28.8 Å². The van der Waals surface area contributed by atoms with Crippen LogP contribution in [-0.4, -0.2) is 35.7 Å². The molecule has 11 nitrogen and oxygen atoms in total. The van der Waals surface area contributed by atoms with Crippen LogP contribution in [0.1, 0.15) is 26.5 Å². The van der Waals surface area contributed by atoms with Crippen LogP contribution in [-0.2, 0) is 5.41 Å². The number of hydrogen-bond donors (Lipinski definition) is 3. The molecule has 186 valence electrons. The van der Waals surface area contributed by atoms with E-state index in [1.807, 2.05) is 36.4 Å². The molecule has 5 aromatic rings. The minimum Gasteiger partial charge on any atom is -0.453 e. The fourth-order valence-electron chi connectivity index (χ4n) is 3.52. The Kier molecular flexibility index (Phi) is 6.10. The van der Waals surface area contributed by atoms with Crippen molar-refractivity contribution in [3.63, 3.8) is 0 Å². The normalized spacial score (nSPS) is 11.3. The summed E-state index contributed by atoms with van der Waals surface area (Å²) in [5, 5.41) is 10.3. The number of carbonyl (C=O) groups is 1. The molecule has 0 aliphatic carbocycles. The number of amides is 2. The van der Waals surface area contributed by atoms with E-state index in [0.717, 1.165) is 17.6 Å². The van der Waals surface area contributed by atoms with Crippen molar-refractivity contribution in [2.45, 2.75) is 26.2 Å². The summed E-state index contributed by atoms with van der Waals surface area (Å²) < 4.78 is 7.56. The van der Waals surface area contributed by atoms with Gasteiger partial charge in [-0.05, 0) is 24.3 Å². The van der Waals surface area contributed by atoms with E-state index in [0.29, 0.717) is 34.3 Å². The molecule has 37 heavy (non-hydrogen) atoms. The third-order valence-corrected chi connectivity index (χ3v) is 5.37. The fourth-order valence-corrected chi connectivity index (χ4v) is 3.52. The smallest absolute Gasteiger partial charge is 0.326 e. The van der Waals surface area contributed by atoms with E-state index >= 15 is 0 Å². The summed E-state index contributed by atoms with van der Waals surface area (Å²) in [6, 6.07) is 15.9. The van der Waals surface area contributed by atoms with Gasteiger partial charge in [0.25, 0.3) is 5.56 Å². The third kappa shape index (κ3) is 5.30. The number of anilines is 2. The number of para-hydroxylation sites is 1. The lowest BCUT2D eigenvalue weighted by atomic mass is 9.92. The largest absolute Gasteiger partial charge is 0.453 e. The number of H-pyrrole nitrogens is 1. The molecule has 0 atom stereocenters. The van der Waals surface area contributed by atoms with Crippen molar-refractivity contribution in [3.8, 4) is 17.2 Å². The molecule has 0 saturated carbocycles. The van der Waals surface area contributed by atoms with Gasteiger partial charge in [-0.2, -0.15) is 5.10 Å². The zero-order valence-electron chi connectivity index (χ0n) is 20.4. The predicted molar refractivity (Wildman–Crippen MR) is 139 cm³/mol. The molecule has 11 heteroatoms. The summed E-state index contributed by atoms with van der Waals surface area (Å²) in [5.41, 5.74) is 1.85. The van der Waals surface area contributed by atoms with Crippen LogP contribution in [0.5, 0.6) is 11.5 Å². The Balaban J connectivity index is 1.30. The number of nitrogens with zero attached hydrogens (tertiary/aromatic N) is 5. The molecule has 0 radical (unpaired) electrons. The molecular weight excluding hydrogens is 472 g/mol. The van der Waals surface area contributed by atoms with Crippen molar-refractivity contribution in [1.29, 1.82) is 0 Å². The van der Waals surface area contributed by atoms with Gasteiger partial charge >= 0.3 is 6.03 Å². The van der Waals surface area contributed by atoms with Crippen molar-refractivity contribution in [1.82, 2.24) is 29.7 Å². The lowest BCUT2D eigenvalue weighted by Crippen LogP contribution is -2.21. The SMILES string of the molecule is CC(C)(C)c1cc(NC(=O)Nc2ccc(Oc3ccnc4[nH]c(=O)cnc34)cn2)n(-c2ccccc2)n1. The van der Waals surface area contributed by atoms with Gasteiger partial charge in [0.15, 0.2) is 11.4 Å². The van der Waals surface area contributed by atoms with Crippen LogP contribution in [0.15, 0.2) is 78.0 Å². The Labute approximate surface area is 211 Å². The highest BCUT2D eigenvalue weighted by molar-refractivity contribution is 5.98. The Bertz CT molecular complexity index is 1620. The number of nitrogens with one attached hydrogen (secondary N) is 3. The third-order valence-electron chi connectivity index (χ3n) is 5.37. The summed E-state index contributed by atoms with van der Waals surface area (Å²) in [7, 11) is 0. The van der Waals surface area contributed by atoms with Crippen molar-refractivity contribution in [3.05, 3.63) is 89.2 Å². The molecule has 1 aromatic carbocycles. The average molecular weight is 497 g/mol. The molecule has 0 fully saturated rings. The van der Waals surface area contributed by atoms with Crippen LogP contribution >= 0.6 is 0 Å². The van der Waals surface area contributed by atoms with Crippen LogP contribution in [0.25, 0.3) is 16.9 Å². The van der Waals surface area contributed by atoms with Gasteiger partial charge in [-0.25, -0.2) is 24.4 Å². The molecule has 0 unspecified atom stereocenters. The maximum atomic E-state index is 12.8. The zero-order chi connectivity index (χ0) is 26.0. The van der Waals surface area contributed by atoms with Crippen LogP contribution in [0.4, 0.5) is 16.4 Å². The number of pyridine rings is 2. The van der Waals surface area contributed by atoms with Crippen LogP contribution in [0.3, 0.4) is 0 Å². The van der Waals surface area contributed by atoms with Gasteiger partial charge in [0, 0.05) is 23.7 Å². The number of ether oxygens (including phenoxy) is 1. The second-order valence-electron chi connectivity index (χ2n) is 9.23. The van der Waals surface area contributed by atoms with Gasteiger partial charge in [-0.15, -0.1) is 0 Å². The lowest BCUT2D eigenvalue weighted by molar-refractivity contribution is 0.262. The Hall–Kier alpha value is -5.06. The number of aromatic amines is 1. The Morgan fingerprint density at radius 3 is 2.51 bits per heavy atom. The highest BCUT2D eigenvalue weighted by Crippen LogP contribution is 2.27. The minimum absolute atomic E-state index is 0.199. The fraction of sp³-hybridized carbons (Fsp3) is 0.154. The van der Waals surface area contributed by atoms with Gasteiger partial charge in [0.1, 0.15) is 22.9 Å². The van der Waals surface area contributed by atoms with Crippen molar-refractivity contribution in [2.75, 3.05) is 10.6 Å². The number of carbonyl (C=O) groups excluding carboxylic acids is 1. The standard InChI is InChI=1S/C26H24N8O3/c1-26(2,3)19-13-21(34(33-19)16-7-5-4-6-8-16)31-25(36)30-20-10-9-17(14-28-20)37-18-11-12-27-24-23(18)29-15-22(35)32-24/h4-15H,1-3H3,(H,27,32,35)(H2,28,30,31,36). The van der Waals surface area contributed by atoms with Gasteiger partial charge in [0.2, 0.25) is 0 Å². The first-order chi connectivity index (χ1) is 17.8. The number of rotatable bonds is 5. The molecule has 5 rings (SSSR count). The quantitative estimate of drug-likeness (QED) is 0.322. The van der Waals surface area contributed by atoms with Crippen LogP contribution in [0.2, 0.25) is 0 Å². The maximum absolute atomic E-state index is 12.8. The van der Waals surface area contributed by atoms with E-state index in [1.165, 1.54) is 12.4 Å². The van der Waals surface area contributed by atoms with Gasteiger partial charge in [-0.3, -0.25) is 15.4 Å². The summed E-state index contributed by atoms with van der Waals surface area (Å²) in [6.45, 7) is 6.19. The Morgan fingerprint density at radius 2 is 1.78 bits per heavy atom.